The number of halogens is 1. The van der Waals surface area contributed by atoms with Crippen LogP contribution in [-0.4, -0.2) is 56.2 Å². The van der Waals surface area contributed by atoms with E-state index in [0.717, 1.165) is 56.3 Å². The molecule has 5 nitrogen and oxygen atoms in total. The Kier molecular flexibility index (Phi) is 5.89. The van der Waals surface area contributed by atoms with E-state index in [2.05, 4.69) is 21.6 Å². The van der Waals surface area contributed by atoms with Crippen molar-refractivity contribution in [2.45, 2.75) is 24.9 Å². The van der Waals surface area contributed by atoms with Gasteiger partial charge in [-0.2, -0.15) is 0 Å². The minimum absolute atomic E-state index is 0.0419. The van der Waals surface area contributed by atoms with Crippen molar-refractivity contribution >= 4 is 17.5 Å². The molecule has 2 fully saturated rings. The highest BCUT2D eigenvalue weighted by Gasteiger charge is 2.26. The Hall–Kier alpha value is -1.14. The first-order valence-electron chi connectivity index (χ1n) is 8.32. The van der Waals surface area contributed by atoms with Gasteiger partial charge in [0.25, 0.3) is 0 Å². The Bertz CT molecular complexity index is 528. The summed E-state index contributed by atoms with van der Waals surface area (Å²) in [5.41, 5.74) is 1.14. The van der Waals surface area contributed by atoms with Crippen molar-refractivity contribution in [3.63, 3.8) is 0 Å². The lowest BCUT2D eigenvalue weighted by Crippen LogP contribution is -2.47. The largest absolute Gasteiger partial charge is 0.379 e. The fraction of sp³-hybridized carbons (Fsp3) is 0.588. The van der Waals surface area contributed by atoms with Crippen LogP contribution < -0.4 is 10.6 Å². The van der Waals surface area contributed by atoms with Crippen LogP contribution in [0.4, 0.5) is 0 Å². The number of rotatable bonds is 5. The molecular weight excluding hydrogens is 314 g/mol. The Morgan fingerprint density at radius 1 is 1.43 bits per heavy atom. The molecule has 3 rings (SSSR count). The van der Waals surface area contributed by atoms with Gasteiger partial charge >= 0.3 is 0 Å². The molecule has 23 heavy (non-hydrogen) atoms. The summed E-state index contributed by atoms with van der Waals surface area (Å²) in [4.78, 5) is 14.6. The Labute approximate surface area is 142 Å². The lowest BCUT2D eigenvalue weighted by Gasteiger charge is -2.35. The molecule has 2 saturated heterocycles. The second kappa shape index (κ2) is 8.11. The van der Waals surface area contributed by atoms with Crippen LogP contribution in [0.1, 0.15) is 24.4 Å². The smallest absolute Gasteiger partial charge is 0.237 e. The second-order valence-corrected chi connectivity index (χ2v) is 6.55. The molecule has 2 aliphatic heterocycles. The van der Waals surface area contributed by atoms with Gasteiger partial charge in [0.05, 0.1) is 25.3 Å². The third kappa shape index (κ3) is 4.44. The summed E-state index contributed by atoms with van der Waals surface area (Å²) in [7, 11) is 0. The van der Waals surface area contributed by atoms with Gasteiger partial charge in [0.15, 0.2) is 0 Å². The SMILES string of the molecule is O=C(NC[C@H](c1cccc(Cl)c1)N1CCOCC1)[C@H]1CCCN1. The molecular formula is C17H24ClN3O2. The van der Waals surface area contributed by atoms with Crippen LogP contribution in [0.3, 0.4) is 0 Å². The van der Waals surface area contributed by atoms with Crippen LogP contribution in [0.25, 0.3) is 0 Å². The van der Waals surface area contributed by atoms with Crippen molar-refractivity contribution in [2.24, 2.45) is 0 Å². The molecule has 2 N–H and O–H groups in total. The molecule has 1 aromatic carbocycles. The normalized spacial score (nSPS) is 23.6. The summed E-state index contributed by atoms with van der Waals surface area (Å²) in [6.07, 6.45) is 1.99. The Balaban J connectivity index is 1.68. The van der Waals surface area contributed by atoms with E-state index < -0.39 is 0 Å². The number of morpholine rings is 1. The van der Waals surface area contributed by atoms with E-state index in [1.807, 2.05) is 18.2 Å². The van der Waals surface area contributed by atoms with Gasteiger partial charge in [-0.1, -0.05) is 23.7 Å². The number of amides is 1. The first-order chi connectivity index (χ1) is 11.2. The maximum absolute atomic E-state index is 12.3. The van der Waals surface area contributed by atoms with Crippen LogP contribution in [-0.2, 0) is 9.53 Å². The van der Waals surface area contributed by atoms with E-state index in [0.29, 0.717) is 6.54 Å². The molecule has 1 aromatic rings. The molecule has 6 heteroatoms. The number of carbonyl (C=O) groups excluding carboxylic acids is 1. The third-order valence-corrected chi connectivity index (χ3v) is 4.80. The van der Waals surface area contributed by atoms with Gasteiger partial charge in [-0.05, 0) is 37.1 Å². The van der Waals surface area contributed by atoms with Gasteiger partial charge in [-0.25, -0.2) is 0 Å². The fourth-order valence-electron chi connectivity index (χ4n) is 3.29. The van der Waals surface area contributed by atoms with Gasteiger partial charge in [-0.15, -0.1) is 0 Å². The maximum Gasteiger partial charge on any atom is 0.237 e. The number of nitrogens with zero attached hydrogens (tertiary/aromatic N) is 1. The van der Waals surface area contributed by atoms with E-state index in [1.165, 1.54) is 0 Å². The van der Waals surface area contributed by atoms with Crippen LogP contribution in [0.5, 0.6) is 0 Å². The van der Waals surface area contributed by atoms with E-state index in [-0.39, 0.29) is 18.0 Å². The van der Waals surface area contributed by atoms with Gasteiger partial charge < -0.3 is 15.4 Å². The van der Waals surface area contributed by atoms with Crippen molar-refractivity contribution in [3.05, 3.63) is 34.9 Å². The molecule has 1 amide bonds. The molecule has 0 aliphatic carbocycles. The predicted molar refractivity (Wildman–Crippen MR) is 90.6 cm³/mol. The topological polar surface area (TPSA) is 53.6 Å². The zero-order chi connectivity index (χ0) is 16.1. The number of hydrogen-bond donors (Lipinski definition) is 2. The van der Waals surface area contributed by atoms with Crippen molar-refractivity contribution < 1.29 is 9.53 Å². The monoisotopic (exact) mass is 337 g/mol. The van der Waals surface area contributed by atoms with E-state index in [9.17, 15) is 4.79 Å². The number of hydrogen-bond acceptors (Lipinski definition) is 4. The molecule has 0 spiro atoms. The minimum Gasteiger partial charge on any atom is -0.379 e. The minimum atomic E-state index is -0.0419. The molecule has 0 unspecified atom stereocenters. The maximum atomic E-state index is 12.3. The number of nitrogens with one attached hydrogen (secondary N) is 2. The molecule has 0 radical (unpaired) electrons. The number of ether oxygens (including phenoxy) is 1. The van der Waals surface area contributed by atoms with Gasteiger partial charge in [-0.3, -0.25) is 9.69 Å². The van der Waals surface area contributed by atoms with E-state index in [1.54, 1.807) is 0 Å². The highest BCUT2D eigenvalue weighted by atomic mass is 35.5. The molecule has 0 saturated carbocycles. The van der Waals surface area contributed by atoms with Crippen LogP contribution in [0.2, 0.25) is 5.02 Å². The molecule has 2 aliphatic rings. The summed E-state index contributed by atoms with van der Waals surface area (Å²) in [6.45, 7) is 4.73. The van der Waals surface area contributed by atoms with E-state index in [4.69, 9.17) is 16.3 Å². The number of benzene rings is 1. The van der Waals surface area contributed by atoms with Crippen molar-refractivity contribution in [3.8, 4) is 0 Å². The summed E-state index contributed by atoms with van der Waals surface area (Å²) < 4.78 is 5.45. The van der Waals surface area contributed by atoms with Crippen molar-refractivity contribution in [1.82, 2.24) is 15.5 Å². The quantitative estimate of drug-likeness (QED) is 0.856. The van der Waals surface area contributed by atoms with Crippen LogP contribution >= 0.6 is 11.6 Å². The lowest BCUT2D eigenvalue weighted by molar-refractivity contribution is -0.123. The van der Waals surface area contributed by atoms with Crippen molar-refractivity contribution in [2.75, 3.05) is 39.4 Å². The average Bonchev–Trinajstić information content (AvgIpc) is 3.10. The van der Waals surface area contributed by atoms with Gasteiger partial charge in [0, 0.05) is 24.7 Å². The molecule has 0 aromatic heterocycles. The summed E-state index contributed by atoms with van der Waals surface area (Å²) in [5, 5.41) is 7.08. The first kappa shape index (κ1) is 16.7. The highest BCUT2D eigenvalue weighted by molar-refractivity contribution is 6.30. The van der Waals surface area contributed by atoms with E-state index >= 15 is 0 Å². The molecule has 0 bridgehead atoms. The highest BCUT2D eigenvalue weighted by Crippen LogP contribution is 2.24. The summed E-state index contributed by atoms with van der Waals surface area (Å²) in [6, 6.07) is 7.99. The lowest BCUT2D eigenvalue weighted by atomic mass is 10.0. The molecule has 2 atom stereocenters. The summed E-state index contributed by atoms with van der Waals surface area (Å²) >= 11 is 6.15. The third-order valence-electron chi connectivity index (χ3n) is 4.57. The first-order valence-corrected chi connectivity index (χ1v) is 8.70. The van der Waals surface area contributed by atoms with Crippen LogP contribution in [0.15, 0.2) is 24.3 Å². The van der Waals surface area contributed by atoms with Crippen molar-refractivity contribution in [1.29, 1.82) is 0 Å². The Morgan fingerprint density at radius 3 is 2.96 bits per heavy atom. The fourth-order valence-corrected chi connectivity index (χ4v) is 3.49. The van der Waals surface area contributed by atoms with Gasteiger partial charge in [0.2, 0.25) is 5.91 Å². The summed E-state index contributed by atoms with van der Waals surface area (Å²) in [5.74, 6) is 0.0998. The van der Waals surface area contributed by atoms with Crippen LogP contribution in [0, 0.1) is 0 Å². The zero-order valence-corrected chi connectivity index (χ0v) is 14.0. The zero-order valence-electron chi connectivity index (χ0n) is 13.3. The predicted octanol–water partition coefficient (Wildman–Crippen LogP) is 1.58. The molecule has 126 valence electrons. The number of carbonyl (C=O) groups is 1. The molecule has 2 heterocycles. The standard InChI is InChI=1S/C17H24ClN3O2/c18-14-4-1-3-13(11-14)16(21-7-9-23-10-8-21)12-20-17(22)15-5-2-6-19-15/h1,3-4,11,15-16,19H,2,5-10,12H2,(H,20,22)/t15-,16-/m1/s1. The van der Waals surface area contributed by atoms with Gasteiger partial charge in [0.1, 0.15) is 0 Å². The average molecular weight is 338 g/mol. The second-order valence-electron chi connectivity index (χ2n) is 6.11. The Morgan fingerprint density at radius 2 is 2.26 bits per heavy atom.